The molecule has 0 bridgehead atoms. The van der Waals surface area contributed by atoms with Crippen molar-refractivity contribution in [3.8, 4) is 0 Å². The van der Waals surface area contributed by atoms with Gasteiger partial charge in [0.25, 0.3) is 0 Å². The van der Waals surface area contributed by atoms with E-state index in [0.29, 0.717) is 23.7 Å². The zero-order valence-corrected chi connectivity index (χ0v) is 13.4. The van der Waals surface area contributed by atoms with E-state index < -0.39 is 5.41 Å². The minimum absolute atomic E-state index is 0.0868. The second-order valence-corrected chi connectivity index (χ2v) is 6.04. The molecule has 0 aliphatic heterocycles. The van der Waals surface area contributed by atoms with Crippen molar-refractivity contribution in [2.24, 2.45) is 17.1 Å². The van der Waals surface area contributed by atoms with Gasteiger partial charge in [-0.15, -0.1) is 0 Å². The van der Waals surface area contributed by atoms with E-state index >= 15 is 0 Å². The van der Waals surface area contributed by atoms with E-state index in [1.54, 1.807) is 0 Å². The molecule has 0 aliphatic carbocycles. The molecular formula is C14H28N2OS. The quantitative estimate of drug-likeness (QED) is 0.725. The summed E-state index contributed by atoms with van der Waals surface area (Å²) in [7, 11) is 0. The molecule has 0 spiro atoms. The Bertz CT molecular complexity index is 296. The van der Waals surface area contributed by atoms with Crippen molar-refractivity contribution in [1.82, 2.24) is 4.90 Å². The number of nitrogens with zero attached hydrogens (tertiary/aromatic N) is 1. The monoisotopic (exact) mass is 272 g/mol. The van der Waals surface area contributed by atoms with Crippen LogP contribution in [0.15, 0.2) is 0 Å². The molecule has 0 saturated carbocycles. The number of carbonyl (C=O) groups is 1. The average molecular weight is 272 g/mol. The predicted molar refractivity (Wildman–Crippen MR) is 81.5 cm³/mol. The smallest absolute Gasteiger partial charge is 0.235 e. The van der Waals surface area contributed by atoms with E-state index in [1.165, 1.54) is 0 Å². The van der Waals surface area contributed by atoms with Gasteiger partial charge in [0.2, 0.25) is 5.91 Å². The van der Waals surface area contributed by atoms with Gasteiger partial charge in [0, 0.05) is 12.6 Å². The summed E-state index contributed by atoms with van der Waals surface area (Å²) in [5.41, 5.74) is 5.17. The van der Waals surface area contributed by atoms with Gasteiger partial charge in [-0.2, -0.15) is 0 Å². The van der Waals surface area contributed by atoms with Crippen molar-refractivity contribution in [2.75, 3.05) is 6.54 Å². The first-order valence-electron chi connectivity index (χ1n) is 6.83. The largest absolute Gasteiger partial charge is 0.392 e. The van der Waals surface area contributed by atoms with Crippen molar-refractivity contribution in [3.05, 3.63) is 0 Å². The average Bonchev–Trinajstić information content (AvgIpc) is 2.27. The maximum Gasteiger partial charge on any atom is 0.235 e. The van der Waals surface area contributed by atoms with Gasteiger partial charge in [0.1, 0.15) is 0 Å². The Morgan fingerprint density at radius 1 is 1.22 bits per heavy atom. The molecule has 4 heteroatoms. The summed E-state index contributed by atoms with van der Waals surface area (Å²) in [5.74, 6) is 0.526. The number of hydrogen-bond donors (Lipinski definition) is 1. The topological polar surface area (TPSA) is 46.3 Å². The second kappa shape index (κ2) is 7.07. The Kier molecular flexibility index (Phi) is 6.82. The molecule has 0 radical (unpaired) electrons. The second-order valence-electron chi connectivity index (χ2n) is 5.60. The molecule has 0 unspecified atom stereocenters. The van der Waals surface area contributed by atoms with Crippen molar-refractivity contribution in [2.45, 2.75) is 60.4 Å². The van der Waals surface area contributed by atoms with Gasteiger partial charge in [0.15, 0.2) is 0 Å². The Labute approximate surface area is 117 Å². The van der Waals surface area contributed by atoms with Crippen molar-refractivity contribution in [1.29, 1.82) is 0 Å². The van der Waals surface area contributed by atoms with Crippen molar-refractivity contribution in [3.63, 3.8) is 0 Å². The first kappa shape index (κ1) is 17.4. The van der Waals surface area contributed by atoms with Gasteiger partial charge in [0.05, 0.1) is 10.4 Å². The number of thiocarbonyl (C=S) groups is 1. The molecule has 0 aromatic rings. The van der Waals surface area contributed by atoms with Crippen LogP contribution < -0.4 is 5.73 Å². The van der Waals surface area contributed by atoms with Gasteiger partial charge in [-0.1, -0.05) is 39.9 Å². The Morgan fingerprint density at radius 2 is 1.67 bits per heavy atom. The van der Waals surface area contributed by atoms with Gasteiger partial charge in [-0.3, -0.25) is 4.79 Å². The highest BCUT2D eigenvalue weighted by atomic mass is 32.1. The van der Waals surface area contributed by atoms with E-state index in [-0.39, 0.29) is 11.9 Å². The zero-order chi connectivity index (χ0) is 14.5. The standard InChI is InChI=1S/C14H28N2OS/c1-7-14(8-2,12(15)18)13(17)16(11(5)6)9-10(3)4/h10-11H,7-9H2,1-6H3,(H2,15,18). The van der Waals surface area contributed by atoms with Crippen LogP contribution in [0.1, 0.15) is 54.4 Å². The van der Waals surface area contributed by atoms with Crippen LogP contribution in [-0.4, -0.2) is 28.4 Å². The van der Waals surface area contributed by atoms with E-state index in [0.717, 1.165) is 6.54 Å². The molecule has 0 rings (SSSR count). The normalized spacial score (nSPS) is 12.0. The highest BCUT2D eigenvalue weighted by Crippen LogP contribution is 2.30. The highest BCUT2D eigenvalue weighted by Gasteiger charge is 2.41. The lowest BCUT2D eigenvalue weighted by atomic mass is 9.80. The number of carbonyl (C=O) groups excluding carboxylic acids is 1. The number of nitrogens with two attached hydrogens (primary N) is 1. The molecule has 3 nitrogen and oxygen atoms in total. The maximum atomic E-state index is 12.8. The van der Waals surface area contributed by atoms with Crippen molar-refractivity contribution >= 4 is 23.1 Å². The van der Waals surface area contributed by atoms with Crippen LogP contribution in [0.25, 0.3) is 0 Å². The first-order chi connectivity index (χ1) is 8.22. The molecular weight excluding hydrogens is 244 g/mol. The van der Waals surface area contributed by atoms with Crippen LogP contribution in [0.4, 0.5) is 0 Å². The molecule has 106 valence electrons. The molecule has 0 aliphatic rings. The van der Waals surface area contributed by atoms with Crippen molar-refractivity contribution < 1.29 is 4.79 Å². The highest BCUT2D eigenvalue weighted by molar-refractivity contribution is 7.80. The molecule has 0 atom stereocenters. The molecule has 2 N–H and O–H groups in total. The minimum Gasteiger partial charge on any atom is -0.392 e. The molecule has 18 heavy (non-hydrogen) atoms. The molecule has 0 fully saturated rings. The Hall–Kier alpha value is -0.640. The molecule has 0 aromatic heterocycles. The summed E-state index contributed by atoms with van der Waals surface area (Å²) in [5, 5.41) is 0. The summed E-state index contributed by atoms with van der Waals surface area (Å²) in [6, 6.07) is 0.173. The van der Waals surface area contributed by atoms with Crippen LogP contribution in [0, 0.1) is 11.3 Å². The summed E-state index contributed by atoms with van der Waals surface area (Å²) in [4.78, 5) is 15.0. The van der Waals surface area contributed by atoms with E-state index in [9.17, 15) is 4.79 Å². The fraction of sp³-hybridized carbons (Fsp3) is 0.857. The van der Waals surface area contributed by atoms with Gasteiger partial charge in [-0.25, -0.2) is 0 Å². The number of rotatable bonds is 7. The molecule has 0 aromatic carbocycles. The lowest BCUT2D eigenvalue weighted by molar-refractivity contribution is -0.141. The van der Waals surface area contributed by atoms with Crippen LogP contribution in [0.2, 0.25) is 0 Å². The Morgan fingerprint density at radius 3 is 1.89 bits per heavy atom. The van der Waals surface area contributed by atoms with E-state index in [2.05, 4.69) is 13.8 Å². The summed E-state index contributed by atoms with van der Waals surface area (Å²) in [6.07, 6.45) is 1.33. The van der Waals surface area contributed by atoms with Crippen LogP contribution in [-0.2, 0) is 4.79 Å². The third kappa shape index (κ3) is 3.67. The number of amides is 1. The van der Waals surface area contributed by atoms with Crippen LogP contribution >= 0.6 is 12.2 Å². The summed E-state index contributed by atoms with van der Waals surface area (Å²) < 4.78 is 0. The Balaban J connectivity index is 5.32. The van der Waals surface area contributed by atoms with E-state index in [4.69, 9.17) is 18.0 Å². The van der Waals surface area contributed by atoms with Gasteiger partial charge >= 0.3 is 0 Å². The number of hydrogen-bond acceptors (Lipinski definition) is 2. The minimum atomic E-state index is -0.672. The van der Waals surface area contributed by atoms with Gasteiger partial charge in [-0.05, 0) is 32.6 Å². The molecule has 0 heterocycles. The van der Waals surface area contributed by atoms with Gasteiger partial charge < -0.3 is 10.6 Å². The van der Waals surface area contributed by atoms with E-state index in [1.807, 2.05) is 32.6 Å². The summed E-state index contributed by atoms with van der Waals surface area (Å²) >= 11 is 5.15. The predicted octanol–water partition coefficient (Wildman–Crippen LogP) is 2.97. The van der Waals surface area contributed by atoms with Crippen LogP contribution in [0.5, 0.6) is 0 Å². The maximum absolute atomic E-state index is 12.8. The lowest BCUT2D eigenvalue weighted by Gasteiger charge is -2.38. The SMILES string of the molecule is CCC(CC)(C(=O)N(CC(C)C)C(C)C)C(N)=S. The zero-order valence-electron chi connectivity index (χ0n) is 12.6. The fourth-order valence-electron chi connectivity index (χ4n) is 2.20. The van der Waals surface area contributed by atoms with Crippen LogP contribution in [0.3, 0.4) is 0 Å². The fourth-order valence-corrected chi connectivity index (χ4v) is 2.58. The summed E-state index contributed by atoms with van der Waals surface area (Å²) in [6.45, 7) is 13.0. The molecule has 1 amide bonds. The third-order valence-electron chi connectivity index (χ3n) is 3.53. The third-order valence-corrected chi connectivity index (χ3v) is 3.92. The lowest BCUT2D eigenvalue weighted by Crippen LogP contribution is -2.53. The molecule has 0 saturated heterocycles. The first-order valence-corrected chi connectivity index (χ1v) is 7.24.